The van der Waals surface area contributed by atoms with Crippen molar-refractivity contribution in [1.82, 2.24) is 10.2 Å². The Hall–Kier alpha value is -1.72. The summed E-state index contributed by atoms with van der Waals surface area (Å²) in [6.07, 6.45) is -0.699. The number of nitrogens with zero attached hydrogens (tertiary/aromatic N) is 1. The van der Waals surface area contributed by atoms with Crippen molar-refractivity contribution in [2.45, 2.75) is 33.0 Å². The first-order chi connectivity index (χ1) is 13.1. The average Bonchev–Trinajstić information content (AvgIpc) is 2.70. The van der Waals surface area contributed by atoms with Crippen LogP contribution in [0.25, 0.3) is 0 Å². The lowest BCUT2D eigenvalue weighted by molar-refractivity contribution is 0.00651. The third-order valence-electron chi connectivity index (χ3n) is 4.82. The molecule has 2 atom stereocenters. The fourth-order valence-corrected chi connectivity index (χ4v) is 3.07. The van der Waals surface area contributed by atoms with E-state index in [1.54, 1.807) is 0 Å². The fraction of sp³-hybridized carbons (Fsp3) is 0.478. The maximum atomic E-state index is 10.3. The molecule has 2 aromatic carbocycles. The van der Waals surface area contributed by atoms with Crippen LogP contribution in [0.15, 0.2) is 54.6 Å². The molecule has 0 bridgehead atoms. The van der Waals surface area contributed by atoms with Crippen LogP contribution in [0.5, 0.6) is 0 Å². The minimum Gasteiger partial charge on any atom is -0.389 e. The van der Waals surface area contributed by atoms with Gasteiger partial charge in [-0.15, -0.1) is 0 Å². The topological polar surface area (TPSA) is 44.7 Å². The van der Waals surface area contributed by atoms with Crippen molar-refractivity contribution in [3.05, 3.63) is 71.3 Å². The zero-order chi connectivity index (χ0) is 19.5. The van der Waals surface area contributed by atoms with Gasteiger partial charge < -0.3 is 20.1 Å². The number of nitrogens with one attached hydrogen (secondary N) is 1. The van der Waals surface area contributed by atoms with E-state index in [1.165, 1.54) is 5.56 Å². The van der Waals surface area contributed by atoms with Gasteiger partial charge in [-0.3, -0.25) is 0 Å². The number of aliphatic hydroxyl groups excluding tert-OH is 1. The molecule has 0 fully saturated rings. The molecule has 0 aromatic heterocycles. The number of likely N-dealkylation sites (N-methyl/N-ethyl adjacent to an activating group) is 1. The Bertz CT molecular complexity index is 627. The van der Waals surface area contributed by atoms with Crippen LogP contribution in [0, 0.1) is 6.92 Å². The highest BCUT2D eigenvalue weighted by Crippen LogP contribution is 2.26. The SMILES string of the molecule is CCN(CC)CCNC[C@H](O)CO[C@H](c1ccccc1)c1ccc(C)cc1. The first kappa shape index (κ1) is 21.6. The second kappa shape index (κ2) is 11.9. The van der Waals surface area contributed by atoms with E-state index in [9.17, 15) is 5.11 Å². The highest BCUT2D eigenvalue weighted by molar-refractivity contribution is 5.31. The lowest BCUT2D eigenvalue weighted by atomic mass is 10.0. The summed E-state index contributed by atoms with van der Waals surface area (Å²) in [5, 5.41) is 13.6. The number of hydrogen-bond donors (Lipinski definition) is 2. The molecule has 4 nitrogen and oxygen atoms in total. The molecule has 27 heavy (non-hydrogen) atoms. The van der Waals surface area contributed by atoms with Gasteiger partial charge in [0.1, 0.15) is 6.10 Å². The number of benzene rings is 2. The van der Waals surface area contributed by atoms with Crippen molar-refractivity contribution in [2.75, 3.05) is 39.3 Å². The molecular weight excluding hydrogens is 336 g/mol. The van der Waals surface area contributed by atoms with Gasteiger partial charge in [-0.05, 0) is 31.1 Å². The molecule has 0 aliphatic heterocycles. The molecule has 2 rings (SSSR count). The first-order valence-corrected chi connectivity index (χ1v) is 9.98. The van der Waals surface area contributed by atoms with Gasteiger partial charge in [0.15, 0.2) is 0 Å². The Morgan fingerprint density at radius 2 is 1.59 bits per heavy atom. The van der Waals surface area contributed by atoms with E-state index in [0.717, 1.165) is 37.3 Å². The van der Waals surface area contributed by atoms with E-state index in [1.807, 2.05) is 18.2 Å². The van der Waals surface area contributed by atoms with Crippen molar-refractivity contribution < 1.29 is 9.84 Å². The molecule has 0 heterocycles. The predicted molar refractivity (Wildman–Crippen MR) is 112 cm³/mol. The normalized spacial score (nSPS) is 13.7. The standard InChI is InChI=1S/C23H34N2O2/c1-4-25(5-2)16-15-24-17-22(26)18-27-23(20-9-7-6-8-10-20)21-13-11-19(3)12-14-21/h6-14,22-24,26H,4-5,15-18H2,1-3H3/t22-,23+/m0/s1. The molecule has 2 aromatic rings. The van der Waals surface area contributed by atoms with Crippen LogP contribution in [0.4, 0.5) is 0 Å². The lowest BCUT2D eigenvalue weighted by Crippen LogP contribution is -2.36. The molecule has 0 spiro atoms. The quantitative estimate of drug-likeness (QED) is 0.562. The summed E-state index contributed by atoms with van der Waals surface area (Å²) in [7, 11) is 0. The number of aliphatic hydroxyl groups is 1. The van der Waals surface area contributed by atoms with Gasteiger partial charge in [-0.25, -0.2) is 0 Å². The zero-order valence-corrected chi connectivity index (χ0v) is 16.9. The maximum Gasteiger partial charge on any atom is 0.108 e. The molecule has 0 unspecified atom stereocenters. The minimum absolute atomic E-state index is 0.169. The summed E-state index contributed by atoms with van der Waals surface area (Å²) < 4.78 is 6.14. The van der Waals surface area contributed by atoms with E-state index in [2.05, 4.69) is 67.4 Å². The zero-order valence-electron chi connectivity index (χ0n) is 16.9. The van der Waals surface area contributed by atoms with Crippen molar-refractivity contribution in [3.8, 4) is 0 Å². The Labute approximate surface area is 164 Å². The Morgan fingerprint density at radius 1 is 0.963 bits per heavy atom. The van der Waals surface area contributed by atoms with E-state index >= 15 is 0 Å². The smallest absolute Gasteiger partial charge is 0.108 e. The second-order valence-corrected chi connectivity index (χ2v) is 6.92. The van der Waals surface area contributed by atoms with Crippen molar-refractivity contribution in [3.63, 3.8) is 0 Å². The summed E-state index contributed by atoms with van der Waals surface area (Å²) in [6, 6.07) is 18.6. The van der Waals surface area contributed by atoms with Gasteiger partial charge in [-0.1, -0.05) is 74.0 Å². The largest absolute Gasteiger partial charge is 0.389 e. The van der Waals surface area contributed by atoms with Crippen LogP contribution in [-0.4, -0.2) is 55.4 Å². The van der Waals surface area contributed by atoms with Crippen molar-refractivity contribution in [1.29, 1.82) is 0 Å². The Balaban J connectivity index is 1.87. The maximum absolute atomic E-state index is 10.3. The highest BCUT2D eigenvalue weighted by Gasteiger charge is 2.16. The monoisotopic (exact) mass is 370 g/mol. The number of hydrogen-bond acceptors (Lipinski definition) is 4. The van der Waals surface area contributed by atoms with Gasteiger partial charge in [-0.2, -0.15) is 0 Å². The molecule has 0 saturated heterocycles. The number of aryl methyl sites for hydroxylation is 1. The van der Waals surface area contributed by atoms with Crippen LogP contribution < -0.4 is 5.32 Å². The predicted octanol–water partition coefficient (Wildman–Crippen LogP) is 3.39. The fourth-order valence-electron chi connectivity index (χ4n) is 3.07. The van der Waals surface area contributed by atoms with Gasteiger partial charge >= 0.3 is 0 Å². The van der Waals surface area contributed by atoms with Gasteiger partial charge in [0.05, 0.1) is 12.7 Å². The molecule has 148 valence electrons. The van der Waals surface area contributed by atoms with Crippen LogP contribution in [-0.2, 0) is 4.74 Å². The van der Waals surface area contributed by atoms with Crippen LogP contribution in [0.3, 0.4) is 0 Å². The Morgan fingerprint density at radius 3 is 2.22 bits per heavy atom. The summed E-state index contributed by atoms with van der Waals surface area (Å²) >= 11 is 0. The van der Waals surface area contributed by atoms with E-state index < -0.39 is 6.10 Å². The van der Waals surface area contributed by atoms with E-state index in [4.69, 9.17) is 4.74 Å². The molecule has 0 aliphatic carbocycles. The number of ether oxygens (including phenoxy) is 1. The average molecular weight is 371 g/mol. The first-order valence-electron chi connectivity index (χ1n) is 9.98. The van der Waals surface area contributed by atoms with E-state index in [0.29, 0.717) is 13.2 Å². The lowest BCUT2D eigenvalue weighted by Gasteiger charge is -2.22. The number of rotatable bonds is 12. The highest BCUT2D eigenvalue weighted by atomic mass is 16.5. The third-order valence-corrected chi connectivity index (χ3v) is 4.82. The molecule has 4 heteroatoms. The molecular formula is C23H34N2O2. The van der Waals surface area contributed by atoms with Crippen molar-refractivity contribution in [2.24, 2.45) is 0 Å². The van der Waals surface area contributed by atoms with E-state index in [-0.39, 0.29) is 6.10 Å². The van der Waals surface area contributed by atoms with Crippen LogP contribution >= 0.6 is 0 Å². The molecule has 0 aliphatic rings. The summed E-state index contributed by atoms with van der Waals surface area (Å²) in [5.41, 5.74) is 3.43. The molecule has 2 N–H and O–H groups in total. The summed E-state index contributed by atoms with van der Waals surface area (Å²) in [5.74, 6) is 0. The van der Waals surface area contributed by atoms with Crippen LogP contribution in [0.1, 0.15) is 36.6 Å². The third kappa shape index (κ3) is 7.43. The molecule has 0 saturated carbocycles. The minimum atomic E-state index is -0.529. The molecule has 0 radical (unpaired) electrons. The van der Waals surface area contributed by atoms with Crippen LogP contribution in [0.2, 0.25) is 0 Å². The second-order valence-electron chi connectivity index (χ2n) is 6.92. The summed E-state index contributed by atoms with van der Waals surface area (Å²) in [6.45, 7) is 11.2. The van der Waals surface area contributed by atoms with Crippen molar-refractivity contribution >= 4 is 0 Å². The summed E-state index contributed by atoms with van der Waals surface area (Å²) in [4.78, 5) is 2.36. The van der Waals surface area contributed by atoms with Gasteiger partial charge in [0, 0.05) is 19.6 Å². The van der Waals surface area contributed by atoms with Gasteiger partial charge in [0.2, 0.25) is 0 Å². The van der Waals surface area contributed by atoms with Gasteiger partial charge in [0.25, 0.3) is 0 Å². The Kier molecular flexibility index (Phi) is 9.50. The molecule has 0 amide bonds.